The Labute approximate surface area is 76.0 Å². The SMILES string of the molecule is Fc1cccc(N2CCCC2)c1F. The minimum absolute atomic E-state index is 0.400. The molecule has 0 unspecified atom stereocenters. The molecule has 0 amide bonds. The first kappa shape index (κ1) is 8.48. The molecule has 1 aromatic rings. The van der Waals surface area contributed by atoms with E-state index in [0.29, 0.717) is 5.69 Å². The third-order valence-electron chi connectivity index (χ3n) is 2.38. The number of benzene rings is 1. The molecule has 70 valence electrons. The van der Waals surface area contributed by atoms with Gasteiger partial charge in [-0.25, -0.2) is 8.78 Å². The Bertz CT molecular complexity index is 306. The molecule has 0 atom stereocenters. The molecule has 0 aromatic heterocycles. The normalized spacial score (nSPS) is 16.6. The van der Waals surface area contributed by atoms with E-state index in [0.717, 1.165) is 32.0 Å². The van der Waals surface area contributed by atoms with Crippen LogP contribution in [-0.2, 0) is 0 Å². The van der Waals surface area contributed by atoms with E-state index >= 15 is 0 Å². The van der Waals surface area contributed by atoms with E-state index in [9.17, 15) is 8.78 Å². The standard InChI is InChI=1S/C10H11F2N/c11-8-4-3-5-9(10(8)12)13-6-1-2-7-13/h3-5H,1-2,6-7H2. The average molecular weight is 183 g/mol. The summed E-state index contributed by atoms with van der Waals surface area (Å²) in [6, 6.07) is 4.32. The van der Waals surface area contributed by atoms with Gasteiger partial charge in [-0.15, -0.1) is 0 Å². The summed E-state index contributed by atoms with van der Waals surface area (Å²) in [5.41, 5.74) is 0.400. The highest BCUT2D eigenvalue weighted by molar-refractivity contribution is 5.48. The Kier molecular flexibility index (Phi) is 2.17. The van der Waals surface area contributed by atoms with Crippen molar-refractivity contribution in [3.8, 4) is 0 Å². The van der Waals surface area contributed by atoms with Crippen molar-refractivity contribution in [3.05, 3.63) is 29.8 Å². The summed E-state index contributed by atoms with van der Waals surface area (Å²) >= 11 is 0. The van der Waals surface area contributed by atoms with Gasteiger partial charge in [0.05, 0.1) is 5.69 Å². The lowest BCUT2D eigenvalue weighted by molar-refractivity contribution is 0.507. The smallest absolute Gasteiger partial charge is 0.182 e. The van der Waals surface area contributed by atoms with Gasteiger partial charge in [-0.1, -0.05) is 6.07 Å². The summed E-state index contributed by atoms with van der Waals surface area (Å²) < 4.78 is 26.1. The fraction of sp³-hybridized carbons (Fsp3) is 0.400. The molecule has 0 N–H and O–H groups in total. The van der Waals surface area contributed by atoms with Crippen LogP contribution in [0.3, 0.4) is 0 Å². The Balaban J connectivity index is 2.33. The zero-order chi connectivity index (χ0) is 9.26. The quantitative estimate of drug-likeness (QED) is 0.646. The van der Waals surface area contributed by atoms with Crippen molar-refractivity contribution in [1.82, 2.24) is 0 Å². The molecule has 0 bridgehead atoms. The average Bonchev–Trinajstić information content (AvgIpc) is 2.62. The fourth-order valence-corrected chi connectivity index (χ4v) is 1.69. The summed E-state index contributed by atoms with van der Waals surface area (Å²) in [7, 11) is 0. The van der Waals surface area contributed by atoms with E-state index in [1.165, 1.54) is 0 Å². The Morgan fingerprint density at radius 3 is 2.46 bits per heavy atom. The molecule has 1 heterocycles. The lowest BCUT2D eigenvalue weighted by Crippen LogP contribution is -2.19. The van der Waals surface area contributed by atoms with Crippen LogP contribution in [-0.4, -0.2) is 13.1 Å². The maximum Gasteiger partial charge on any atom is 0.182 e. The van der Waals surface area contributed by atoms with E-state index in [1.807, 2.05) is 4.90 Å². The third kappa shape index (κ3) is 1.50. The second-order valence-corrected chi connectivity index (χ2v) is 3.27. The lowest BCUT2D eigenvalue weighted by Gasteiger charge is -2.17. The molecule has 1 aliphatic heterocycles. The van der Waals surface area contributed by atoms with Crippen LogP contribution >= 0.6 is 0 Å². The number of rotatable bonds is 1. The van der Waals surface area contributed by atoms with Crippen LogP contribution in [0.2, 0.25) is 0 Å². The van der Waals surface area contributed by atoms with Crippen molar-refractivity contribution in [2.45, 2.75) is 12.8 Å². The van der Waals surface area contributed by atoms with Crippen LogP contribution in [0.25, 0.3) is 0 Å². The van der Waals surface area contributed by atoms with Crippen molar-refractivity contribution in [3.63, 3.8) is 0 Å². The van der Waals surface area contributed by atoms with Gasteiger partial charge in [0.2, 0.25) is 0 Å². The van der Waals surface area contributed by atoms with Crippen molar-refractivity contribution in [2.75, 3.05) is 18.0 Å². The molecule has 2 rings (SSSR count). The number of halogens is 2. The van der Waals surface area contributed by atoms with Gasteiger partial charge in [0.25, 0.3) is 0 Å². The van der Waals surface area contributed by atoms with Gasteiger partial charge in [0, 0.05) is 13.1 Å². The number of hydrogen-bond donors (Lipinski definition) is 0. The minimum atomic E-state index is -0.760. The van der Waals surface area contributed by atoms with Crippen LogP contribution in [0.15, 0.2) is 18.2 Å². The first-order chi connectivity index (χ1) is 6.29. The topological polar surface area (TPSA) is 3.24 Å². The van der Waals surface area contributed by atoms with Crippen LogP contribution in [0, 0.1) is 11.6 Å². The van der Waals surface area contributed by atoms with Gasteiger partial charge >= 0.3 is 0 Å². The van der Waals surface area contributed by atoms with E-state index < -0.39 is 11.6 Å². The van der Waals surface area contributed by atoms with E-state index in [-0.39, 0.29) is 0 Å². The van der Waals surface area contributed by atoms with Crippen molar-refractivity contribution in [2.24, 2.45) is 0 Å². The molecule has 0 spiro atoms. The molecule has 0 saturated carbocycles. The maximum atomic E-state index is 13.2. The van der Waals surface area contributed by atoms with Crippen LogP contribution in [0.5, 0.6) is 0 Å². The molecule has 1 aliphatic rings. The molecule has 1 nitrogen and oxygen atoms in total. The highest BCUT2D eigenvalue weighted by Gasteiger charge is 2.17. The first-order valence-electron chi connectivity index (χ1n) is 4.48. The largest absolute Gasteiger partial charge is 0.369 e. The predicted octanol–water partition coefficient (Wildman–Crippen LogP) is 2.57. The zero-order valence-electron chi connectivity index (χ0n) is 7.26. The van der Waals surface area contributed by atoms with Crippen LogP contribution in [0.1, 0.15) is 12.8 Å². The number of nitrogens with zero attached hydrogens (tertiary/aromatic N) is 1. The van der Waals surface area contributed by atoms with Gasteiger partial charge in [-0.3, -0.25) is 0 Å². The van der Waals surface area contributed by atoms with Gasteiger partial charge in [0.15, 0.2) is 11.6 Å². The highest BCUT2D eigenvalue weighted by Crippen LogP contribution is 2.24. The predicted molar refractivity (Wildman–Crippen MR) is 47.8 cm³/mol. The molecule has 13 heavy (non-hydrogen) atoms. The fourth-order valence-electron chi connectivity index (χ4n) is 1.69. The van der Waals surface area contributed by atoms with Gasteiger partial charge in [-0.2, -0.15) is 0 Å². The van der Waals surface area contributed by atoms with Gasteiger partial charge in [-0.05, 0) is 25.0 Å². The zero-order valence-corrected chi connectivity index (χ0v) is 7.26. The van der Waals surface area contributed by atoms with Crippen molar-refractivity contribution in [1.29, 1.82) is 0 Å². The van der Waals surface area contributed by atoms with Crippen LogP contribution in [0.4, 0.5) is 14.5 Å². The number of anilines is 1. The van der Waals surface area contributed by atoms with E-state index in [4.69, 9.17) is 0 Å². The molecule has 3 heteroatoms. The van der Waals surface area contributed by atoms with Crippen molar-refractivity contribution >= 4 is 5.69 Å². The molecule has 0 aliphatic carbocycles. The Hall–Kier alpha value is -1.12. The molecular weight excluding hydrogens is 172 g/mol. The summed E-state index contributed by atoms with van der Waals surface area (Å²) in [6.45, 7) is 1.67. The second kappa shape index (κ2) is 3.32. The monoisotopic (exact) mass is 183 g/mol. The summed E-state index contributed by atoms with van der Waals surface area (Å²) in [5.74, 6) is -1.48. The third-order valence-corrected chi connectivity index (χ3v) is 2.38. The van der Waals surface area contributed by atoms with Crippen LogP contribution < -0.4 is 4.90 Å². The Morgan fingerprint density at radius 1 is 1.08 bits per heavy atom. The Morgan fingerprint density at radius 2 is 1.77 bits per heavy atom. The summed E-state index contributed by atoms with van der Waals surface area (Å²) in [5, 5.41) is 0. The number of hydrogen-bond acceptors (Lipinski definition) is 1. The first-order valence-corrected chi connectivity index (χ1v) is 4.48. The van der Waals surface area contributed by atoms with E-state index in [2.05, 4.69) is 0 Å². The molecule has 1 saturated heterocycles. The highest BCUT2D eigenvalue weighted by atomic mass is 19.2. The van der Waals surface area contributed by atoms with Crippen molar-refractivity contribution < 1.29 is 8.78 Å². The second-order valence-electron chi connectivity index (χ2n) is 3.27. The summed E-state index contributed by atoms with van der Waals surface area (Å²) in [6.07, 6.45) is 2.13. The molecule has 1 fully saturated rings. The molecule has 0 radical (unpaired) electrons. The summed E-state index contributed by atoms with van der Waals surface area (Å²) in [4.78, 5) is 1.89. The minimum Gasteiger partial charge on any atom is -0.369 e. The molecule has 1 aromatic carbocycles. The van der Waals surface area contributed by atoms with Gasteiger partial charge in [0.1, 0.15) is 0 Å². The van der Waals surface area contributed by atoms with Gasteiger partial charge < -0.3 is 4.90 Å². The van der Waals surface area contributed by atoms with E-state index in [1.54, 1.807) is 12.1 Å². The maximum absolute atomic E-state index is 13.2. The lowest BCUT2D eigenvalue weighted by atomic mass is 10.2. The molecular formula is C10H11F2N.